The number of nitriles is 1. The van der Waals surface area contributed by atoms with E-state index in [9.17, 15) is 9.90 Å². The molecule has 0 radical (unpaired) electrons. The summed E-state index contributed by atoms with van der Waals surface area (Å²) in [4.78, 5) is 14.5. The van der Waals surface area contributed by atoms with Gasteiger partial charge in [0, 0.05) is 12.1 Å². The SMILES string of the molecule is CC(C#N)c1ccccc1C(=O)N1CCCC[C@H]1CO. The first-order valence-corrected chi connectivity index (χ1v) is 7.09. The molecule has 4 heteroatoms. The molecule has 106 valence electrons. The molecule has 1 aromatic rings. The smallest absolute Gasteiger partial charge is 0.254 e. The van der Waals surface area contributed by atoms with Crippen molar-refractivity contribution in [3.63, 3.8) is 0 Å². The van der Waals surface area contributed by atoms with Crippen LogP contribution < -0.4 is 0 Å². The summed E-state index contributed by atoms with van der Waals surface area (Å²) in [6.07, 6.45) is 2.86. The Morgan fingerprint density at radius 3 is 2.95 bits per heavy atom. The van der Waals surface area contributed by atoms with E-state index in [1.54, 1.807) is 17.9 Å². The van der Waals surface area contributed by atoms with Gasteiger partial charge in [-0.15, -0.1) is 0 Å². The third-order valence-electron chi connectivity index (χ3n) is 3.95. The summed E-state index contributed by atoms with van der Waals surface area (Å²) in [5, 5.41) is 18.5. The molecule has 0 saturated carbocycles. The highest BCUT2D eigenvalue weighted by atomic mass is 16.3. The second-order valence-corrected chi connectivity index (χ2v) is 5.27. The van der Waals surface area contributed by atoms with E-state index >= 15 is 0 Å². The van der Waals surface area contributed by atoms with Crippen LogP contribution in [0.15, 0.2) is 24.3 Å². The van der Waals surface area contributed by atoms with E-state index < -0.39 is 0 Å². The number of likely N-dealkylation sites (tertiary alicyclic amines) is 1. The number of amides is 1. The minimum atomic E-state index is -0.312. The predicted molar refractivity (Wildman–Crippen MR) is 76.2 cm³/mol. The number of hydrogen-bond donors (Lipinski definition) is 1. The number of carbonyl (C=O) groups is 1. The number of carbonyl (C=O) groups excluding carboxylic acids is 1. The van der Waals surface area contributed by atoms with Crippen LogP contribution in [0.5, 0.6) is 0 Å². The molecule has 20 heavy (non-hydrogen) atoms. The molecule has 1 aliphatic rings. The van der Waals surface area contributed by atoms with Crippen LogP contribution in [0.4, 0.5) is 0 Å². The maximum atomic E-state index is 12.7. The van der Waals surface area contributed by atoms with Gasteiger partial charge in [-0.3, -0.25) is 4.79 Å². The zero-order valence-electron chi connectivity index (χ0n) is 11.7. The van der Waals surface area contributed by atoms with Gasteiger partial charge in [0.2, 0.25) is 0 Å². The van der Waals surface area contributed by atoms with Crippen molar-refractivity contribution < 1.29 is 9.90 Å². The molecule has 0 spiro atoms. The Bertz CT molecular complexity index is 521. The van der Waals surface area contributed by atoms with Crippen molar-refractivity contribution >= 4 is 5.91 Å². The van der Waals surface area contributed by atoms with Crippen molar-refractivity contribution in [2.24, 2.45) is 0 Å². The molecule has 1 amide bonds. The third kappa shape index (κ3) is 2.83. The first kappa shape index (κ1) is 14.5. The molecular weight excluding hydrogens is 252 g/mol. The number of aliphatic hydroxyl groups is 1. The van der Waals surface area contributed by atoms with E-state index in [1.807, 2.05) is 18.2 Å². The summed E-state index contributed by atoms with van der Waals surface area (Å²) in [6.45, 7) is 2.48. The predicted octanol–water partition coefficient (Wildman–Crippen LogP) is 2.30. The number of piperidine rings is 1. The molecule has 0 bridgehead atoms. The number of rotatable bonds is 3. The minimum Gasteiger partial charge on any atom is -0.394 e. The highest BCUT2D eigenvalue weighted by Gasteiger charge is 2.28. The average Bonchev–Trinajstić information content (AvgIpc) is 2.53. The Labute approximate surface area is 119 Å². The fourth-order valence-corrected chi connectivity index (χ4v) is 2.75. The van der Waals surface area contributed by atoms with Gasteiger partial charge in [-0.25, -0.2) is 0 Å². The number of nitrogens with zero attached hydrogens (tertiary/aromatic N) is 2. The van der Waals surface area contributed by atoms with Crippen LogP contribution in [0.2, 0.25) is 0 Å². The van der Waals surface area contributed by atoms with Crippen LogP contribution in [-0.2, 0) is 0 Å². The van der Waals surface area contributed by atoms with E-state index in [-0.39, 0.29) is 24.5 Å². The van der Waals surface area contributed by atoms with Gasteiger partial charge in [-0.05, 0) is 37.8 Å². The summed E-state index contributed by atoms with van der Waals surface area (Å²) < 4.78 is 0. The lowest BCUT2D eigenvalue weighted by molar-refractivity contribution is 0.0502. The lowest BCUT2D eigenvalue weighted by atomic mass is 9.94. The molecule has 1 aliphatic heterocycles. The molecule has 2 rings (SSSR count). The van der Waals surface area contributed by atoms with Gasteiger partial charge >= 0.3 is 0 Å². The summed E-state index contributed by atoms with van der Waals surface area (Å²) in [5.41, 5.74) is 1.35. The third-order valence-corrected chi connectivity index (χ3v) is 3.95. The Hall–Kier alpha value is -1.86. The Morgan fingerprint density at radius 2 is 2.25 bits per heavy atom. The lowest BCUT2D eigenvalue weighted by Gasteiger charge is -2.35. The largest absolute Gasteiger partial charge is 0.394 e. The molecule has 1 unspecified atom stereocenters. The van der Waals surface area contributed by atoms with Crippen molar-refractivity contribution in [3.05, 3.63) is 35.4 Å². The number of benzene rings is 1. The van der Waals surface area contributed by atoms with E-state index in [2.05, 4.69) is 6.07 Å². The molecule has 1 heterocycles. The van der Waals surface area contributed by atoms with Gasteiger partial charge in [0.05, 0.1) is 24.6 Å². The highest BCUT2D eigenvalue weighted by Crippen LogP contribution is 2.24. The number of aliphatic hydroxyl groups excluding tert-OH is 1. The van der Waals surface area contributed by atoms with Crippen molar-refractivity contribution in [1.82, 2.24) is 4.90 Å². The van der Waals surface area contributed by atoms with Gasteiger partial charge in [0.25, 0.3) is 5.91 Å². The zero-order valence-corrected chi connectivity index (χ0v) is 11.7. The van der Waals surface area contributed by atoms with Crippen LogP contribution in [-0.4, -0.2) is 35.1 Å². The van der Waals surface area contributed by atoms with E-state index in [0.717, 1.165) is 24.8 Å². The summed E-state index contributed by atoms with van der Waals surface area (Å²) in [6, 6.07) is 9.36. The summed E-state index contributed by atoms with van der Waals surface area (Å²) in [5.74, 6) is -0.381. The van der Waals surface area contributed by atoms with Crippen molar-refractivity contribution in [2.45, 2.75) is 38.1 Å². The quantitative estimate of drug-likeness (QED) is 0.918. The van der Waals surface area contributed by atoms with E-state index in [4.69, 9.17) is 5.26 Å². The molecule has 1 saturated heterocycles. The Balaban J connectivity index is 2.31. The number of hydrogen-bond acceptors (Lipinski definition) is 3. The molecule has 4 nitrogen and oxygen atoms in total. The monoisotopic (exact) mass is 272 g/mol. The fraction of sp³-hybridized carbons (Fsp3) is 0.500. The molecular formula is C16H20N2O2. The summed E-state index contributed by atoms with van der Waals surface area (Å²) >= 11 is 0. The van der Waals surface area contributed by atoms with Crippen molar-refractivity contribution in [3.8, 4) is 6.07 Å². The topological polar surface area (TPSA) is 64.3 Å². The second-order valence-electron chi connectivity index (χ2n) is 5.27. The molecule has 0 aromatic heterocycles. The molecule has 2 atom stereocenters. The standard InChI is InChI=1S/C16H20N2O2/c1-12(10-17)14-7-2-3-8-15(14)16(20)18-9-5-4-6-13(18)11-19/h2-3,7-8,12-13,19H,4-6,9,11H2,1H3/t12?,13-/m0/s1. The van der Waals surface area contributed by atoms with E-state index in [0.29, 0.717) is 12.1 Å². The Kier molecular flexibility index (Phi) is 4.75. The van der Waals surface area contributed by atoms with Gasteiger partial charge in [-0.1, -0.05) is 18.2 Å². The summed E-state index contributed by atoms with van der Waals surface area (Å²) in [7, 11) is 0. The van der Waals surface area contributed by atoms with Gasteiger partial charge in [-0.2, -0.15) is 5.26 Å². The van der Waals surface area contributed by atoms with Gasteiger partial charge < -0.3 is 10.0 Å². The van der Waals surface area contributed by atoms with Gasteiger partial charge in [0.1, 0.15) is 0 Å². The zero-order chi connectivity index (χ0) is 14.5. The van der Waals surface area contributed by atoms with Crippen LogP contribution in [0.3, 0.4) is 0 Å². The van der Waals surface area contributed by atoms with Crippen LogP contribution >= 0.6 is 0 Å². The van der Waals surface area contributed by atoms with E-state index in [1.165, 1.54) is 0 Å². The lowest BCUT2D eigenvalue weighted by Crippen LogP contribution is -2.45. The molecule has 1 aromatic carbocycles. The molecule has 1 N–H and O–H groups in total. The van der Waals surface area contributed by atoms with Crippen LogP contribution in [0.25, 0.3) is 0 Å². The highest BCUT2D eigenvalue weighted by molar-refractivity contribution is 5.96. The van der Waals surface area contributed by atoms with Crippen molar-refractivity contribution in [1.29, 1.82) is 5.26 Å². The first-order chi connectivity index (χ1) is 9.69. The maximum absolute atomic E-state index is 12.7. The van der Waals surface area contributed by atoms with Crippen LogP contribution in [0.1, 0.15) is 48.0 Å². The van der Waals surface area contributed by atoms with Gasteiger partial charge in [0.15, 0.2) is 0 Å². The normalized spacial score (nSPS) is 20.2. The van der Waals surface area contributed by atoms with Crippen molar-refractivity contribution in [2.75, 3.05) is 13.2 Å². The minimum absolute atomic E-state index is 0.00170. The fourth-order valence-electron chi connectivity index (χ4n) is 2.75. The first-order valence-electron chi connectivity index (χ1n) is 7.09. The molecule has 1 fully saturated rings. The Morgan fingerprint density at radius 1 is 1.50 bits per heavy atom. The average molecular weight is 272 g/mol. The second kappa shape index (κ2) is 6.53. The maximum Gasteiger partial charge on any atom is 0.254 e. The van der Waals surface area contributed by atoms with Crippen LogP contribution in [0, 0.1) is 11.3 Å². The molecule has 0 aliphatic carbocycles.